The molecule has 0 fully saturated rings. The maximum Gasteiger partial charge on any atom is 0.322 e. The number of nitrogens with zero attached hydrogens (tertiary/aromatic N) is 1. The topological polar surface area (TPSA) is 74.7 Å². The zero-order chi connectivity index (χ0) is 12.8. The van der Waals surface area contributed by atoms with Crippen LogP contribution in [0.4, 0.5) is 0 Å². The standard InChI is InChI=1S/C10H10ClNO4S/c1-12-8(10(13)14)5-6-4-7(11)2-3-9(6)17(12,15)16/h2-4,8H,5H2,1H3,(H,13,14). The molecule has 1 aliphatic heterocycles. The van der Waals surface area contributed by atoms with Crippen molar-refractivity contribution >= 4 is 27.6 Å². The van der Waals surface area contributed by atoms with Crippen molar-refractivity contribution in [3.05, 3.63) is 28.8 Å². The first kappa shape index (κ1) is 12.3. The zero-order valence-corrected chi connectivity index (χ0v) is 10.5. The number of sulfonamides is 1. The Kier molecular flexibility index (Phi) is 2.89. The van der Waals surface area contributed by atoms with Gasteiger partial charge in [0.25, 0.3) is 0 Å². The van der Waals surface area contributed by atoms with Gasteiger partial charge in [0.1, 0.15) is 6.04 Å². The van der Waals surface area contributed by atoms with Gasteiger partial charge in [-0.1, -0.05) is 11.6 Å². The molecule has 2 rings (SSSR count). The van der Waals surface area contributed by atoms with Crippen LogP contribution in [0.2, 0.25) is 5.02 Å². The molecule has 0 aliphatic carbocycles. The molecule has 0 aromatic heterocycles. The van der Waals surface area contributed by atoms with E-state index < -0.39 is 22.0 Å². The van der Waals surface area contributed by atoms with Crippen molar-refractivity contribution in [3.63, 3.8) is 0 Å². The quantitative estimate of drug-likeness (QED) is 0.829. The van der Waals surface area contributed by atoms with Crippen molar-refractivity contribution in [2.45, 2.75) is 17.4 Å². The van der Waals surface area contributed by atoms with E-state index in [1.165, 1.54) is 25.2 Å². The Labute approximate surface area is 104 Å². The van der Waals surface area contributed by atoms with Crippen LogP contribution in [0.25, 0.3) is 0 Å². The van der Waals surface area contributed by atoms with Crippen molar-refractivity contribution in [1.82, 2.24) is 4.31 Å². The summed E-state index contributed by atoms with van der Waals surface area (Å²) in [4.78, 5) is 11.1. The van der Waals surface area contributed by atoms with Gasteiger partial charge in [0, 0.05) is 18.5 Å². The van der Waals surface area contributed by atoms with Crippen LogP contribution in [-0.2, 0) is 21.2 Å². The molecule has 1 aromatic carbocycles. The van der Waals surface area contributed by atoms with Gasteiger partial charge in [-0.25, -0.2) is 8.42 Å². The van der Waals surface area contributed by atoms with Gasteiger partial charge >= 0.3 is 5.97 Å². The highest BCUT2D eigenvalue weighted by atomic mass is 35.5. The third kappa shape index (κ3) is 1.92. The Balaban J connectivity index is 2.63. The molecular weight excluding hydrogens is 266 g/mol. The van der Waals surface area contributed by atoms with Crippen molar-refractivity contribution in [1.29, 1.82) is 0 Å². The van der Waals surface area contributed by atoms with Crippen LogP contribution in [0.5, 0.6) is 0 Å². The van der Waals surface area contributed by atoms with Crippen LogP contribution in [-0.4, -0.2) is 36.9 Å². The highest BCUT2D eigenvalue weighted by molar-refractivity contribution is 7.89. The number of aliphatic carboxylic acids is 1. The van der Waals surface area contributed by atoms with E-state index >= 15 is 0 Å². The summed E-state index contributed by atoms with van der Waals surface area (Å²) in [5.74, 6) is -1.17. The molecule has 1 atom stereocenters. The molecule has 0 bridgehead atoms. The van der Waals surface area contributed by atoms with Crippen LogP contribution in [0.1, 0.15) is 5.56 Å². The maximum absolute atomic E-state index is 12.0. The number of carbonyl (C=O) groups is 1. The number of hydrogen-bond acceptors (Lipinski definition) is 3. The normalized spacial score (nSPS) is 23.1. The molecule has 7 heteroatoms. The Morgan fingerprint density at radius 1 is 1.53 bits per heavy atom. The molecule has 17 heavy (non-hydrogen) atoms. The minimum absolute atomic E-state index is 0.126. The highest BCUT2D eigenvalue weighted by Crippen LogP contribution is 2.30. The fourth-order valence-electron chi connectivity index (χ4n) is 1.86. The summed E-state index contributed by atoms with van der Waals surface area (Å²) in [5.41, 5.74) is 0.447. The summed E-state index contributed by atoms with van der Waals surface area (Å²) >= 11 is 5.78. The van der Waals surface area contributed by atoms with Gasteiger partial charge in [-0.3, -0.25) is 4.79 Å². The molecule has 1 aliphatic rings. The van der Waals surface area contributed by atoms with Crippen LogP contribution in [0.15, 0.2) is 23.1 Å². The highest BCUT2D eigenvalue weighted by Gasteiger charge is 2.39. The van der Waals surface area contributed by atoms with Crippen LogP contribution in [0, 0.1) is 0 Å². The fraction of sp³-hybridized carbons (Fsp3) is 0.300. The van der Waals surface area contributed by atoms with Gasteiger partial charge in [-0.2, -0.15) is 4.31 Å². The largest absolute Gasteiger partial charge is 0.480 e. The number of benzene rings is 1. The molecule has 5 nitrogen and oxygen atoms in total. The minimum atomic E-state index is -3.74. The lowest BCUT2D eigenvalue weighted by molar-refractivity contribution is -0.141. The summed E-state index contributed by atoms with van der Waals surface area (Å²) in [6.07, 6.45) is 0.126. The molecule has 0 saturated heterocycles. The van der Waals surface area contributed by atoms with Gasteiger partial charge in [-0.05, 0) is 23.8 Å². The van der Waals surface area contributed by atoms with E-state index in [9.17, 15) is 13.2 Å². The molecule has 1 unspecified atom stereocenters. The van der Waals surface area contributed by atoms with E-state index in [2.05, 4.69) is 0 Å². The number of halogens is 1. The first-order valence-electron chi connectivity index (χ1n) is 4.83. The number of hydrogen-bond donors (Lipinski definition) is 1. The summed E-state index contributed by atoms with van der Waals surface area (Å²) in [6.45, 7) is 0. The van der Waals surface area contributed by atoms with E-state index in [4.69, 9.17) is 16.7 Å². The predicted molar refractivity (Wildman–Crippen MR) is 61.5 cm³/mol. The zero-order valence-electron chi connectivity index (χ0n) is 8.92. The molecule has 1 aromatic rings. The molecular formula is C10H10ClNO4S. The lowest BCUT2D eigenvalue weighted by atomic mass is 10.1. The number of rotatable bonds is 1. The Morgan fingerprint density at radius 2 is 2.18 bits per heavy atom. The average Bonchev–Trinajstić information content (AvgIpc) is 2.22. The molecule has 0 spiro atoms. The van der Waals surface area contributed by atoms with E-state index in [1.807, 2.05) is 0 Å². The molecule has 0 radical (unpaired) electrons. The van der Waals surface area contributed by atoms with Crippen LogP contribution >= 0.6 is 11.6 Å². The van der Waals surface area contributed by atoms with E-state index in [1.54, 1.807) is 0 Å². The second-order valence-electron chi connectivity index (χ2n) is 3.83. The Morgan fingerprint density at radius 3 is 2.76 bits per heavy atom. The number of likely N-dealkylation sites (N-methyl/N-ethyl adjacent to an activating group) is 1. The van der Waals surface area contributed by atoms with Crippen molar-refractivity contribution in [3.8, 4) is 0 Å². The maximum atomic E-state index is 12.0. The number of carboxylic acids is 1. The van der Waals surface area contributed by atoms with Gasteiger partial charge in [-0.15, -0.1) is 0 Å². The molecule has 0 saturated carbocycles. The lowest BCUT2D eigenvalue weighted by Gasteiger charge is -2.30. The first-order valence-corrected chi connectivity index (χ1v) is 6.65. The van der Waals surface area contributed by atoms with Crippen molar-refractivity contribution < 1.29 is 18.3 Å². The lowest BCUT2D eigenvalue weighted by Crippen LogP contribution is -2.47. The smallest absolute Gasteiger partial charge is 0.322 e. The summed E-state index contributed by atoms with van der Waals surface area (Å²) < 4.78 is 25.0. The molecule has 0 amide bonds. The first-order chi connectivity index (χ1) is 7.84. The summed E-state index contributed by atoms with van der Waals surface area (Å²) in [7, 11) is -2.47. The van der Waals surface area contributed by atoms with Gasteiger partial charge < -0.3 is 5.11 Å². The van der Waals surface area contributed by atoms with Gasteiger partial charge in [0.05, 0.1) is 4.90 Å². The molecule has 92 valence electrons. The van der Waals surface area contributed by atoms with Gasteiger partial charge in [0.2, 0.25) is 10.0 Å². The van der Waals surface area contributed by atoms with Gasteiger partial charge in [0.15, 0.2) is 0 Å². The molecule has 1 heterocycles. The second-order valence-corrected chi connectivity index (χ2v) is 6.23. The second kappa shape index (κ2) is 3.97. The third-order valence-corrected chi connectivity index (χ3v) is 5.02. The van der Waals surface area contributed by atoms with E-state index in [0.29, 0.717) is 10.6 Å². The van der Waals surface area contributed by atoms with Crippen molar-refractivity contribution in [2.75, 3.05) is 7.05 Å². The fourth-order valence-corrected chi connectivity index (χ4v) is 3.58. The minimum Gasteiger partial charge on any atom is -0.480 e. The van der Waals surface area contributed by atoms with Crippen LogP contribution < -0.4 is 0 Å². The van der Waals surface area contributed by atoms with E-state index in [-0.39, 0.29) is 11.3 Å². The number of fused-ring (bicyclic) bond motifs is 1. The van der Waals surface area contributed by atoms with Crippen LogP contribution in [0.3, 0.4) is 0 Å². The summed E-state index contributed by atoms with van der Waals surface area (Å²) in [6, 6.07) is 3.30. The Hall–Kier alpha value is -1.11. The predicted octanol–water partition coefficient (Wildman–Crippen LogP) is 0.970. The Bertz CT molecular complexity index is 584. The monoisotopic (exact) mass is 275 g/mol. The molecule has 1 N–H and O–H groups in total. The average molecular weight is 276 g/mol. The SMILES string of the molecule is CN1C(C(=O)O)Cc2cc(Cl)ccc2S1(=O)=O. The van der Waals surface area contributed by atoms with E-state index in [0.717, 1.165) is 4.31 Å². The summed E-state index contributed by atoms with van der Waals surface area (Å²) in [5, 5.41) is 9.39. The third-order valence-electron chi connectivity index (χ3n) is 2.82. The number of carboxylic acid groups (broad SMARTS) is 1. The van der Waals surface area contributed by atoms with Crippen molar-refractivity contribution in [2.24, 2.45) is 0 Å².